The number of esters is 1. The van der Waals surface area contributed by atoms with Crippen LogP contribution in [0.4, 0.5) is 0 Å². The maximum absolute atomic E-state index is 12.0. The van der Waals surface area contributed by atoms with E-state index in [1.54, 1.807) is 11.8 Å². The molecule has 0 aliphatic carbocycles. The number of benzene rings is 1. The van der Waals surface area contributed by atoms with Crippen LogP contribution in [0.15, 0.2) is 46.0 Å². The molecule has 134 valence electrons. The van der Waals surface area contributed by atoms with E-state index in [0.717, 1.165) is 20.7 Å². The molecule has 0 saturated carbocycles. The highest BCUT2D eigenvalue weighted by atomic mass is 79.9. The number of allylic oxidation sites excluding steroid dienone is 1. The molecule has 0 heterocycles. The number of carbonyl (C=O) groups excluding carboxylic acids is 1. The molecule has 0 fully saturated rings. The Morgan fingerprint density at radius 1 is 1.32 bits per heavy atom. The van der Waals surface area contributed by atoms with Crippen LogP contribution in [0.25, 0.3) is 5.57 Å². The predicted octanol–water partition coefficient (Wildman–Crippen LogP) is 5.31. The fraction of sp³-hybridized carbons (Fsp3) is 0.350. The third kappa shape index (κ3) is 7.41. The molecular weight excluding hydrogens is 400 g/mol. The summed E-state index contributed by atoms with van der Waals surface area (Å²) >= 11 is 5.16. The van der Waals surface area contributed by atoms with Gasteiger partial charge in [0.05, 0.1) is 20.5 Å². The fourth-order valence-electron chi connectivity index (χ4n) is 1.81. The van der Waals surface area contributed by atoms with Gasteiger partial charge in [-0.15, -0.1) is 11.8 Å². The molecule has 0 amide bonds. The largest absolute Gasteiger partial charge is 0.503 e. The molecule has 0 bridgehead atoms. The Hall–Kier alpha value is -1.64. The van der Waals surface area contributed by atoms with Crippen LogP contribution in [-0.2, 0) is 14.3 Å². The molecular formula is C20H23BrO3S. The first-order chi connectivity index (χ1) is 11.8. The van der Waals surface area contributed by atoms with Crippen molar-refractivity contribution in [2.45, 2.75) is 25.7 Å². The SMILES string of the molecule is COC=C(C(=O)OC)c1cccc(Br)c1SCC=CC#CC(C)(C)C. The van der Waals surface area contributed by atoms with Crippen LogP contribution < -0.4 is 0 Å². The van der Waals surface area contributed by atoms with Gasteiger partial charge in [-0.05, 0) is 48.8 Å². The van der Waals surface area contributed by atoms with Crippen LogP contribution in [0, 0.1) is 17.3 Å². The first-order valence-electron chi connectivity index (χ1n) is 7.71. The molecule has 3 nitrogen and oxygen atoms in total. The molecule has 1 rings (SSSR count). The van der Waals surface area contributed by atoms with Crippen molar-refractivity contribution >= 4 is 39.2 Å². The van der Waals surface area contributed by atoms with Gasteiger partial charge in [0.1, 0.15) is 5.57 Å². The van der Waals surface area contributed by atoms with Crippen molar-refractivity contribution in [3.8, 4) is 11.8 Å². The standard InChI is InChI=1S/C20H23BrO3S/c1-20(2,3)12-7-6-8-13-25-18-15(10-9-11-17(18)21)16(14-23-4)19(22)24-5/h6,8-11,14H,13H2,1-5H3. The lowest BCUT2D eigenvalue weighted by molar-refractivity contribution is -0.133. The number of halogens is 1. The van der Waals surface area contributed by atoms with Crippen LogP contribution in [0.3, 0.4) is 0 Å². The molecule has 0 N–H and O–H groups in total. The van der Waals surface area contributed by atoms with Crippen LogP contribution in [0.2, 0.25) is 0 Å². The molecule has 25 heavy (non-hydrogen) atoms. The van der Waals surface area contributed by atoms with E-state index in [9.17, 15) is 4.79 Å². The number of thioether (sulfide) groups is 1. The first-order valence-corrected chi connectivity index (χ1v) is 9.48. The zero-order valence-electron chi connectivity index (χ0n) is 15.2. The van der Waals surface area contributed by atoms with Crippen molar-refractivity contribution in [1.29, 1.82) is 0 Å². The highest BCUT2D eigenvalue weighted by molar-refractivity contribution is 9.10. The summed E-state index contributed by atoms with van der Waals surface area (Å²) in [7, 11) is 2.86. The average Bonchev–Trinajstić information content (AvgIpc) is 2.55. The minimum absolute atomic E-state index is 0.00647. The second kappa shape index (κ2) is 10.4. The summed E-state index contributed by atoms with van der Waals surface area (Å²) in [6.07, 6.45) is 5.27. The molecule has 0 atom stereocenters. The quantitative estimate of drug-likeness (QED) is 0.204. The van der Waals surface area contributed by atoms with Gasteiger partial charge in [-0.2, -0.15) is 0 Å². The van der Waals surface area contributed by atoms with E-state index in [4.69, 9.17) is 9.47 Å². The lowest BCUT2D eigenvalue weighted by Gasteiger charge is -2.12. The van der Waals surface area contributed by atoms with E-state index >= 15 is 0 Å². The van der Waals surface area contributed by atoms with Crippen LogP contribution >= 0.6 is 27.7 Å². The summed E-state index contributed by atoms with van der Waals surface area (Å²) in [6, 6.07) is 5.69. The third-order valence-corrected chi connectivity index (χ3v) is 4.88. The second-order valence-electron chi connectivity index (χ2n) is 6.11. The van der Waals surface area contributed by atoms with E-state index in [2.05, 4.69) is 48.5 Å². The number of ether oxygens (including phenoxy) is 2. The van der Waals surface area contributed by atoms with Gasteiger partial charge in [0, 0.05) is 26.1 Å². The van der Waals surface area contributed by atoms with Crippen molar-refractivity contribution in [2.24, 2.45) is 5.41 Å². The zero-order valence-corrected chi connectivity index (χ0v) is 17.6. The van der Waals surface area contributed by atoms with Gasteiger partial charge in [-0.3, -0.25) is 0 Å². The fourth-order valence-corrected chi connectivity index (χ4v) is 3.42. The number of carbonyl (C=O) groups is 1. The molecule has 0 aliphatic heterocycles. The number of methoxy groups -OCH3 is 2. The molecule has 5 heteroatoms. The van der Waals surface area contributed by atoms with E-state index in [-0.39, 0.29) is 5.41 Å². The summed E-state index contributed by atoms with van der Waals surface area (Å²) in [6.45, 7) is 6.23. The van der Waals surface area contributed by atoms with Gasteiger partial charge >= 0.3 is 5.97 Å². The highest BCUT2D eigenvalue weighted by Crippen LogP contribution is 2.35. The first kappa shape index (κ1) is 21.4. The zero-order chi connectivity index (χ0) is 18.9. The normalized spacial score (nSPS) is 11.8. The minimum atomic E-state index is -0.437. The maximum atomic E-state index is 12.0. The van der Waals surface area contributed by atoms with Crippen molar-refractivity contribution in [3.05, 3.63) is 46.6 Å². The predicted molar refractivity (Wildman–Crippen MR) is 108 cm³/mol. The number of hydrogen-bond acceptors (Lipinski definition) is 4. The van der Waals surface area contributed by atoms with Crippen molar-refractivity contribution in [1.82, 2.24) is 0 Å². The topological polar surface area (TPSA) is 35.5 Å². The van der Waals surface area contributed by atoms with E-state index in [0.29, 0.717) is 5.57 Å². The van der Waals surface area contributed by atoms with E-state index in [1.807, 2.05) is 30.4 Å². The maximum Gasteiger partial charge on any atom is 0.341 e. The highest BCUT2D eigenvalue weighted by Gasteiger charge is 2.18. The molecule has 1 aromatic rings. The van der Waals surface area contributed by atoms with Gasteiger partial charge in [0.25, 0.3) is 0 Å². The van der Waals surface area contributed by atoms with Crippen LogP contribution in [0.5, 0.6) is 0 Å². The van der Waals surface area contributed by atoms with Gasteiger partial charge in [-0.25, -0.2) is 4.79 Å². The summed E-state index contributed by atoms with van der Waals surface area (Å²) < 4.78 is 10.8. The van der Waals surface area contributed by atoms with Gasteiger partial charge in [0.15, 0.2) is 0 Å². The molecule has 0 aromatic heterocycles. The Morgan fingerprint density at radius 3 is 2.64 bits per heavy atom. The molecule has 0 radical (unpaired) electrons. The summed E-state index contributed by atoms with van der Waals surface area (Å²) in [5.74, 6) is 6.50. The van der Waals surface area contributed by atoms with Crippen LogP contribution in [0.1, 0.15) is 26.3 Å². The van der Waals surface area contributed by atoms with E-state index in [1.165, 1.54) is 20.5 Å². The average molecular weight is 423 g/mol. The van der Waals surface area contributed by atoms with Gasteiger partial charge < -0.3 is 9.47 Å². The number of rotatable bonds is 6. The van der Waals surface area contributed by atoms with Gasteiger partial charge in [-0.1, -0.05) is 30.0 Å². The van der Waals surface area contributed by atoms with Crippen molar-refractivity contribution in [3.63, 3.8) is 0 Å². The van der Waals surface area contributed by atoms with Crippen molar-refractivity contribution in [2.75, 3.05) is 20.0 Å². The second-order valence-corrected chi connectivity index (χ2v) is 7.99. The van der Waals surface area contributed by atoms with Crippen molar-refractivity contribution < 1.29 is 14.3 Å². The lowest BCUT2D eigenvalue weighted by atomic mass is 9.98. The monoisotopic (exact) mass is 422 g/mol. The summed E-state index contributed by atoms with van der Waals surface area (Å²) in [5, 5.41) is 0. The number of hydrogen-bond donors (Lipinski definition) is 0. The molecule has 0 aliphatic rings. The Kier molecular flexibility index (Phi) is 8.88. The Morgan fingerprint density at radius 2 is 2.04 bits per heavy atom. The Bertz CT molecular complexity index is 719. The van der Waals surface area contributed by atoms with Crippen LogP contribution in [-0.4, -0.2) is 25.9 Å². The third-order valence-electron chi connectivity index (χ3n) is 2.87. The van der Waals surface area contributed by atoms with E-state index < -0.39 is 5.97 Å². The summed E-state index contributed by atoms with van der Waals surface area (Å²) in [5.41, 5.74) is 1.14. The molecule has 0 spiro atoms. The minimum Gasteiger partial charge on any atom is -0.503 e. The summed E-state index contributed by atoms with van der Waals surface area (Å²) in [4.78, 5) is 13.0. The lowest BCUT2D eigenvalue weighted by Crippen LogP contribution is -2.06. The smallest absolute Gasteiger partial charge is 0.341 e. The van der Waals surface area contributed by atoms with Gasteiger partial charge in [0.2, 0.25) is 0 Å². The Labute approximate surface area is 163 Å². The Balaban J connectivity index is 3.00. The molecule has 0 unspecified atom stereocenters. The molecule has 0 saturated heterocycles. The molecule has 1 aromatic carbocycles.